The normalized spacial score (nSPS) is 15.3. The van der Waals surface area contributed by atoms with Crippen LogP contribution in [0.5, 0.6) is 5.75 Å². The molecule has 0 aliphatic carbocycles. The molecule has 1 aromatic heterocycles. The fourth-order valence-corrected chi connectivity index (χ4v) is 3.67. The summed E-state index contributed by atoms with van der Waals surface area (Å²) < 4.78 is 11.6. The molecule has 0 unspecified atom stereocenters. The Morgan fingerprint density at radius 3 is 2.63 bits per heavy atom. The summed E-state index contributed by atoms with van der Waals surface area (Å²) in [7, 11) is 1.64. The third-order valence-corrected chi connectivity index (χ3v) is 5.06. The van der Waals surface area contributed by atoms with Crippen LogP contribution in [0.1, 0.15) is 24.8 Å². The average Bonchev–Trinajstić information content (AvgIpc) is 2.69. The van der Waals surface area contributed by atoms with Crippen molar-refractivity contribution in [1.29, 1.82) is 0 Å². The molecule has 3 aromatic rings. The van der Waals surface area contributed by atoms with E-state index in [-0.39, 0.29) is 17.8 Å². The number of rotatable bonds is 4. The molecule has 142 valence electrons. The van der Waals surface area contributed by atoms with Crippen LogP contribution >= 0.6 is 12.4 Å². The van der Waals surface area contributed by atoms with E-state index in [1.54, 1.807) is 19.2 Å². The zero-order valence-corrected chi connectivity index (χ0v) is 16.3. The van der Waals surface area contributed by atoms with E-state index in [0.717, 1.165) is 25.2 Å². The van der Waals surface area contributed by atoms with Gasteiger partial charge in [-0.1, -0.05) is 30.7 Å². The van der Waals surface area contributed by atoms with Crippen LogP contribution in [0.4, 0.5) is 0 Å². The standard InChI is InChI=1S/C22H23NO3.ClH/c1-25-19-12-11-18-21(24)16-8-3-4-10-20(16)26-22(18)17(19)9-7-15-23-13-5-2-6-14-23;/h3-4,7-12H,2,5-6,13-15H2,1H3;1H/b9-7+;. The van der Waals surface area contributed by atoms with Gasteiger partial charge in [0.05, 0.1) is 23.4 Å². The zero-order valence-electron chi connectivity index (χ0n) is 15.4. The molecule has 0 N–H and O–H groups in total. The van der Waals surface area contributed by atoms with E-state index >= 15 is 0 Å². The monoisotopic (exact) mass is 385 g/mol. The second-order valence-corrected chi connectivity index (χ2v) is 6.75. The summed E-state index contributed by atoms with van der Waals surface area (Å²) in [5, 5.41) is 1.19. The lowest BCUT2D eigenvalue weighted by molar-refractivity contribution is 0.252. The van der Waals surface area contributed by atoms with Crippen molar-refractivity contribution in [2.75, 3.05) is 26.7 Å². The van der Waals surface area contributed by atoms with Crippen molar-refractivity contribution >= 4 is 40.4 Å². The van der Waals surface area contributed by atoms with E-state index in [1.807, 2.05) is 30.3 Å². The summed E-state index contributed by atoms with van der Waals surface area (Å²) in [6, 6.07) is 11.0. The quantitative estimate of drug-likeness (QED) is 0.600. The summed E-state index contributed by atoms with van der Waals surface area (Å²) in [4.78, 5) is 15.3. The zero-order chi connectivity index (χ0) is 17.9. The maximum absolute atomic E-state index is 12.8. The van der Waals surface area contributed by atoms with Gasteiger partial charge in [0.1, 0.15) is 16.9 Å². The van der Waals surface area contributed by atoms with Crippen molar-refractivity contribution < 1.29 is 9.15 Å². The number of benzene rings is 2. The Kier molecular flexibility index (Phi) is 6.19. The minimum absolute atomic E-state index is 0. The number of nitrogens with zero attached hydrogens (tertiary/aromatic N) is 1. The Labute approximate surface area is 164 Å². The number of ether oxygens (including phenoxy) is 1. The number of fused-ring (bicyclic) bond motifs is 2. The minimum atomic E-state index is -0.00446. The van der Waals surface area contributed by atoms with Crippen molar-refractivity contribution in [2.24, 2.45) is 0 Å². The van der Waals surface area contributed by atoms with E-state index < -0.39 is 0 Å². The summed E-state index contributed by atoms with van der Waals surface area (Å²) >= 11 is 0. The number of hydrogen-bond acceptors (Lipinski definition) is 4. The Morgan fingerprint density at radius 1 is 1.07 bits per heavy atom. The molecule has 1 saturated heterocycles. The van der Waals surface area contributed by atoms with Crippen LogP contribution in [0.2, 0.25) is 0 Å². The largest absolute Gasteiger partial charge is 0.496 e. The molecule has 0 amide bonds. The SMILES string of the molecule is COc1ccc2c(=O)c3ccccc3oc2c1/C=C/CN1CCCCC1.Cl. The predicted molar refractivity (Wildman–Crippen MR) is 113 cm³/mol. The van der Waals surface area contributed by atoms with Crippen molar-refractivity contribution in [3.63, 3.8) is 0 Å². The molecule has 1 aliphatic rings. The second kappa shape index (κ2) is 8.59. The fraction of sp³-hybridized carbons (Fsp3) is 0.318. The highest BCUT2D eigenvalue weighted by Gasteiger charge is 2.14. The molecule has 0 bridgehead atoms. The lowest BCUT2D eigenvalue weighted by Crippen LogP contribution is -2.29. The van der Waals surface area contributed by atoms with Crippen LogP contribution in [0.3, 0.4) is 0 Å². The Morgan fingerprint density at radius 2 is 1.85 bits per heavy atom. The fourth-order valence-electron chi connectivity index (χ4n) is 3.67. The van der Waals surface area contributed by atoms with Crippen LogP contribution < -0.4 is 10.2 Å². The first-order valence-corrected chi connectivity index (χ1v) is 9.19. The van der Waals surface area contributed by atoms with Gasteiger partial charge in [0.2, 0.25) is 5.43 Å². The van der Waals surface area contributed by atoms with Crippen molar-refractivity contribution in [3.8, 4) is 5.75 Å². The third-order valence-electron chi connectivity index (χ3n) is 5.06. The van der Waals surface area contributed by atoms with Gasteiger partial charge in [-0.3, -0.25) is 9.69 Å². The van der Waals surface area contributed by atoms with E-state index in [4.69, 9.17) is 9.15 Å². The maximum Gasteiger partial charge on any atom is 0.200 e. The highest BCUT2D eigenvalue weighted by Crippen LogP contribution is 2.30. The smallest absolute Gasteiger partial charge is 0.200 e. The van der Waals surface area contributed by atoms with Gasteiger partial charge in [-0.2, -0.15) is 0 Å². The van der Waals surface area contributed by atoms with Crippen molar-refractivity contribution in [3.05, 3.63) is 58.3 Å². The van der Waals surface area contributed by atoms with Crippen LogP contribution in [-0.2, 0) is 0 Å². The molecule has 27 heavy (non-hydrogen) atoms. The van der Waals surface area contributed by atoms with Gasteiger partial charge < -0.3 is 9.15 Å². The first-order valence-electron chi connectivity index (χ1n) is 9.19. The molecule has 2 heterocycles. The number of halogens is 1. The van der Waals surface area contributed by atoms with Gasteiger partial charge in [-0.05, 0) is 50.2 Å². The Balaban J connectivity index is 0.00000210. The first-order chi connectivity index (χ1) is 12.8. The van der Waals surface area contributed by atoms with Gasteiger partial charge in [-0.25, -0.2) is 0 Å². The molecule has 5 heteroatoms. The van der Waals surface area contributed by atoms with Gasteiger partial charge in [-0.15, -0.1) is 12.4 Å². The molecule has 1 fully saturated rings. The van der Waals surface area contributed by atoms with Crippen LogP contribution in [0.25, 0.3) is 28.0 Å². The highest BCUT2D eigenvalue weighted by atomic mass is 35.5. The van der Waals surface area contributed by atoms with Crippen molar-refractivity contribution in [2.45, 2.75) is 19.3 Å². The lowest BCUT2D eigenvalue weighted by Gasteiger charge is -2.24. The molecule has 2 aromatic carbocycles. The number of likely N-dealkylation sites (tertiary alicyclic amines) is 1. The third kappa shape index (κ3) is 3.87. The average molecular weight is 386 g/mol. The number of piperidine rings is 1. The molecule has 0 spiro atoms. The summed E-state index contributed by atoms with van der Waals surface area (Å²) in [5.41, 5.74) is 2.01. The van der Waals surface area contributed by atoms with E-state index in [9.17, 15) is 4.79 Å². The van der Waals surface area contributed by atoms with E-state index in [0.29, 0.717) is 27.7 Å². The topological polar surface area (TPSA) is 42.7 Å². The maximum atomic E-state index is 12.8. The molecule has 0 radical (unpaired) electrons. The number of methoxy groups -OCH3 is 1. The predicted octanol–water partition coefficient (Wildman–Crippen LogP) is 4.88. The molecule has 4 rings (SSSR count). The van der Waals surface area contributed by atoms with Crippen LogP contribution in [-0.4, -0.2) is 31.6 Å². The van der Waals surface area contributed by atoms with Gasteiger partial charge in [0.15, 0.2) is 0 Å². The van der Waals surface area contributed by atoms with Gasteiger partial charge in [0, 0.05) is 6.54 Å². The van der Waals surface area contributed by atoms with Gasteiger partial charge >= 0.3 is 0 Å². The molecule has 1 aliphatic heterocycles. The molecule has 0 saturated carbocycles. The Bertz CT molecular complexity index is 1020. The first kappa shape index (κ1) is 19.5. The lowest BCUT2D eigenvalue weighted by atomic mass is 10.1. The number of hydrogen-bond donors (Lipinski definition) is 0. The number of para-hydroxylation sites is 1. The van der Waals surface area contributed by atoms with Crippen LogP contribution in [0.15, 0.2) is 51.7 Å². The summed E-state index contributed by atoms with van der Waals surface area (Å²) in [6.07, 6.45) is 8.03. The van der Waals surface area contributed by atoms with E-state index in [2.05, 4.69) is 11.0 Å². The highest BCUT2D eigenvalue weighted by molar-refractivity contribution is 5.95. The Hall–Kier alpha value is -2.30. The molecular formula is C22H24ClNO3. The summed E-state index contributed by atoms with van der Waals surface area (Å²) in [6.45, 7) is 3.20. The van der Waals surface area contributed by atoms with E-state index in [1.165, 1.54) is 19.3 Å². The molecule has 0 atom stereocenters. The minimum Gasteiger partial charge on any atom is -0.496 e. The molecular weight excluding hydrogens is 362 g/mol. The second-order valence-electron chi connectivity index (χ2n) is 6.75. The summed E-state index contributed by atoms with van der Waals surface area (Å²) in [5.74, 6) is 0.714. The van der Waals surface area contributed by atoms with Gasteiger partial charge in [0.25, 0.3) is 0 Å². The van der Waals surface area contributed by atoms with Crippen LogP contribution in [0, 0.1) is 0 Å². The van der Waals surface area contributed by atoms with Crippen molar-refractivity contribution in [1.82, 2.24) is 4.90 Å². The molecule has 4 nitrogen and oxygen atoms in total.